The van der Waals surface area contributed by atoms with Crippen molar-refractivity contribution in [2.45, 2.75) is 57.6 Å². The lowest BCUT2D eigenvalue weighted by atomic mass is 9.95. The molecule has 3 rings (SSSR count). The Morgan fingerprint density at radius 1 is 1.28 bits per heavy atom. The van der Waals surface area contributed by atoms with E-state index in [1.165, 1.54) is 38.2 Å². The first kappa shape index (κ1) is 22.7. The Balaban J connectivity index is 0.000000221. The second-order valence-electron chi connectivity index (χ2n) is 7.13. The van der Waals surface area contributed by atoms with Gasteiger partial charge in [0.2, 0.25) is 0 Å². The minimum atomic E-state index is -0.151. The fraction of sp³-hybridized carbons (Fsp3) is 0.500. The second kappa shape index (κ2) is 12.8. The molecule has 6 nitrogen and oxygen atoms in total. The molecule has 0 saturated heterocycles. The number of ether oxygens (including phenoxy) is 1. The molecule has 2 aromatic rings. The summed E-state index contributed by atoms with van der Waals surface area (Å²) in [5.41, 5.74) is 4.37. The number of benzene rings is 1. The van der Waals surface area contributed by atoms with Crippen molar-refractivity contribution in [3.8, 4) is 0 Å². The Labute approximate surface area is 173 Å². The summed E-state index contributed by atoms with van der Waals surface area (Å²) in [6.07, 6.45) is 12.2. The zero-order valence-electron chi connectivity index (χ0n) is 17.6. The van der Waals surface area contributed by atoms with E-state index < -0.39 is 0 Å². The molecule has 29 heavy (non-hydrogen) atoms. The summed E-state index contributed by atoms with van der Waals surface area (Å²) in [7, 11) is 3.40. The maximum absolute atomic E-state index is 13.0. The van der Waals surface area contributed by atoms with E-state index in [1.807, 2.05) is 13.0 Å². The molecule has 1 fully saturated rings. The predicted octanol–water partition coefficient (Wildman–Crippen LogP) is 4.18. The van der Waals surface area contributed by atoms with Gasteiger partial charge in [0.15, 0.2) is 0 Å². The molecule has 1 aliphatic carbocycles. The van der Waals surface area contributed by atoms with Gasteiger partial charge in [0.05, 0.1) is 17.9 Å². The molecular formula is C22H32FN5O. The lowest BCUT2D eigenvalue weighted by Gasteiger charge is -2.23. The van der Waals surface area contributed by atoms with E-state index in [1.54, 1.807) is 45.0 Å². The zero-order chi connectivity index (χ0) is 20.9. The van der Waals surface area contributed by atoms with Crippen LogP contribution in [0.5, 0.6) is 0 Å². The standard InChI is InChI=1S/C12H19N5.C10H13FO/c1-13-16-8-10-7-14-9-15-12(10)17-11-5-3-2-4-6-11;1-8(12-2)7-9-5-3-4-6-10(9)11/h7-9,11,13H,2-6H2,1H3,(H,14,15,17);3-6,8H,7H2,1-2H3/b16-8-;. The second-order valence-corrected chi connectivity index (χ2v) is 7.13. The van der Waals surface area contributed by atoms with Gasteiger partial charge >= 0.3 is 0 Å². The van der Waals surface area contributed by atoms with Gasteiger partial charge in [-0.2, -0.15) is 5.10 Å². The molecule has 1 atom stereocenters. The zero-order valence-corrected chi connectivity index (χ0v) is 17.6. The average Bonchev–Trinajstić information content (AvgIpc) is 2.76. The molecule has 1 aliphatic rings. The van der Waals surface area contributed by atoms with Crippen LogP contribution in [0.2, 0.25) is 0 Å². The molecule has 7 heteroatoms. The molecule has 1 heterocycles. The van der Waals surface area contributed by atoms with Gasteiger partial charge in [-0.15, -0.1) is 0 Å². The number of rotatable bonds is 7. The van der Waals surface area contributed by atoms with Crippen molar-refractivity contribution in [2.75, 3.05) is 19.5 Å². The molecule has 0 radical (unpaired) electrons. The minimum absolute atomic E-state index is 0.0712. The topological polar surface area (TPSA) is 71.4 Å². The summed E-state index contributed by atoms with van der Waals surface area (Å²) in [5, 5.41) is 7.49. The van der Waals surface area contributed by atoms with Gasteiger partial charge in [-0.05, 0) is 31.4 Å². The molecule has 0 spiro atoms. The monoisotopic (exact) mass is 401 g/mol. The number of nitrogens with one attached hydrogen (secondary N) is 2. The number of anilines is 1. The summed E-state index contributed by atoms with van der Waals surface area (Å²) < 4.78 is 18.1. The van der Waals surface area contributed by atoms with Crippen LogP contribution in [0.4, 0.5) is 10.2 Å². The van der Waals surface area contributed by atoms with Crippen LogP contribution in [0.25, 0.3) is 0 Å². The van der Waals surface area contributed by atoms with Gasteiger partial charge in [-0.3, -0.25) is 0 Å². The minimum Gasteiger partial charge on any atom is -0.381 e. The van der Waals surface area contributed by atoms with Crippen molar-refractivity contribution < 1.29 is 9.13 Å². The van der Waals surface area contributed by atoms with Crippen molar-refractivity contribution in [1.29, 1.82) is 0 Å². The van der Waals surface area contributed by atoms with Crippen LogP contribution in [-0.2, 0) is 11.2 Å². The quantitative estimate of drug-likeness (QED) is 0.538. The summed E-state index contributed by atoms with van der Waals surface area (Å²) in [5.74, 6) is 0.729. The molecule has 158 valence electrons. The van der Waals surface area contributed by atoms with Crippen molar-refractivity contribution in [3.63, 3.8) is 0 Å². The van der Waals surface area contributed by atoms with E-state index in [4.69, 9.17) is 4.74 Å². The van der Waals surface area contributed by atoms with Gasteiger partial charge in [0, 0.05) is 32.8 Å². The fourth-order valence-corrected chi connectivity index (χ4v) is 3.19. The molecule has 1 aromatic heterocycles. The van der Waals surface area contributed by atoms with Crippen LogP contribution in [-0.4, -0.2) is 42.5 Å². The molecule has 1 aromatic carbocycles. The Morgan fingerprint density at radius 2 is 2.03 bits per heavy atom. The SMILES string of the molecule is CN/N=C\c1cncnc1NC1CCCCC1.COC(C)Cc1ccccc1F. The fourth-order valence-electron chi connectivity index (χ4n) is 3.19. The van der Waals surface area contributed by atoms with E-state index in [2.05, 4.69) is 25.8 Å². The molecule has 0 bridgehead atoms. The van der Waals surface area contributed by atoms with Crippen LogP contribution >= 0.6 is 0 Å². The van der Waals surface area contributed by atoms with Crippen molar-refractivity contribution in [1.82, 2.24) is 15.4 Å². The first-order chi connectivity index (χ1) is 14.1. The number of hydrogen-bond acceptors (Lipinski definition) is 6. The Hall–Kier alpha value is -2.54. The number of aromatic nitrogens is 2. The van der Waals surface area contributed by atoms with Crippen LogP contribution in [0.15, 0.2) is 41.9 Å². The molecule has 0 amide bonds. The molecule has 1 saturated carbocycles. The summed E-state index contributed by atoms with van der Waals surface area (Å²) in [4.78, 5) is 8.31. The predicted molar refractivity (Wildman–Crippen MR) is 116 cm³/mol. The lowest BCUT2D eigenvalue weighted by Crippen LogP contribution is -2.23. The maximum Gasteiger partial charge on any atom is 0.138 e. The smallest absolute Gasteiger partial charge is 0.138 e. The van der Waals surface area contributed by atoms with E-state index in [-0.39, 0.29) is 11.9 Å². The summed E-state index contributed by atoms with van der Waals surface area (Å²) in [6.45, 7) is 1.92. The highest BCUT2D eigenvalue weighted by Crippen LogP contribution is 2.21. The van der Waals surface area contributed by atoms with Gasteiger partial charge in [0.25, 0.3) is 0 Å². The van der Waals surface area contributed by atoms with Crippen molar-refractivity contribution in [2.24, 2.45) is 5.10 Å². The molecule has 1 unspecified atom stereocenters. The first-order valence-corrected chi connectivity index (χ1v) is 10.2. The summed E-state index contributed by atoms with van der Waals surface area (Å²) >= 11 is 0. The van der Waals surface area contributed by atoms with Crippen LogP contribution < -0.4 is 10.7 Å². The Kier molecular flexibility index (Phi) is 10.1. The first-order valence-electron chi connectivity index (χ1n) is 10.2. The molecule has 2 N–H and O–H groups in total. The van der Waals surface area contributed by atoms with Crippen LogP contribution in [0.3, 0.4) is 0 Å². The Bertz CT molecular complexity index is 749. The van der Waals surface area contributed by atoms with Gasteiger partial charge in [0.1, 0.15) is 18.0 Å². The van der Waals surface area contributed by atoms with E-state index in [0.717, 1.165) is 11.4 Å². The third-order valence-electron chi connectivity index (χ3n) is 4.89. The third kappa shape index (κ3) is 8.15. The largest absolute Gasteiger partial charge is 0.381 e. The highest BCUT2D eigenvalue weighted by atomic mass is 19.1. The number of nitrogens with zero attached hydrogens (tertiary/aromatic N) is 3. The number of hydrogen-bond donors (Lipinski definition) is 2. The number of halogens is 1. The average molecular weight is 402 g/mol. The highest BCUT2D eigenvalue weighted by molar-refractivity contribution is 5.85. The van der Waals surface area contributed by atoms with Crippen LogP contribution in [0.1, 0.15) is 50.2 Å². The Morgan fingerprint density at radius 3 is 2.72 bits per heavy atom. The maximum atomic E-state index is 13.0. The highest BCUT2D eigenvalue weighted by Gasteiger charge is 2.14. The van der Waals surface area contributed by atoms with E-state index >= 15 is 0 Å². The number of methoxy groups -OCH3 is 1. The van der Waals surface area contributed by atoms with Gasteiger partial charge < -0.3 is 15.5 Å². The van der Waals surface area contributed by atoms with Gasteiger partial charge in [-0.25, -0.2) is 14.4 Å². The van der Waals surface area contributed by atoms with Gasteiger partial charge in [-0.1, -0.05) is 37.5 Å². The normalized spacial score (nSPS) is 15.4. The lowest BCUT2D eigenvalue weighted by molar-refractivity contribution is 0.118. The third-order valence-corrected chi connectivity index (χ3v) is 4.89. The van der Waals surface area contributed by atoms with Crippen LogP contribution in [0, 0.1) is 5.82 Å². The number of hydrazone groups is 1. The molecule has 0 aliphatic heterocycles. The van der Waals surface area contributed by atoms with E-state index in [9.17, 15) is 4.39 Å². The van der Waals surface area contributed by atoms with E-state index in [0.29, 0.717) is 18.0 Å². The summed E-state index contributed by atoms with van der Waals surface area (Å²) in [6, 6.07) is 7.32. The van der Waals surface area contributed by atoms with Crippen molar-refractivity contribution in [3.05, 3.63) is 53.7 Å². The molecular weight excluding hydrogens is 369 g/mol. The van der Waals surface area contributed by atoms with Crippen molar-refractivity contribution >= 4 is 12.0 Å².